The standard InChI is InChI=1S/C20H13NO2/c22-18-12-6-4-10-16(18)19-13-7-1-2-8-14(13)20(23)15-9-3-5-11-17(15)21-19/h1-12,22H. The highest BCUT2D eigenvalue weighted by atomic mass is 16.3. The van der Waals surface area contributed by atoms with Crippen LogP contribution in [0.15, 0.2) is 77.6 Å². The molecule has 3 nitrogen and oxygen atoms in total. The second kappa shape index (κ2) is 5.21. The van der Waals surface area contributed by atoms with E-state index in [1.165, 1.54) is 0 Å². The number of phenols is 1. The molecule has 0 aliphatic heterocycles. The summed E-state index contributed by atoms with van der Waals surface area (Å²) in [6.07, 6.45) is 0. The molecule has 1 aromatic heterocycles. The van der Waals surface area contributed by atoms with Crippen LogP contribution < -0.4 is 5.43 Å². The van der Waals surface area contributed by atoms with Gasteiger partial charge in [0.15, 0.2) is 5.43 Å². The maximum absolute atomic E-state index is 12.9. The highest BCUT2D eigenvalue weighted by Crippen LogP contribution is 2.32. The van der Waals surface area contributed by atoms with E-state index in [2.05, 4.69) is 0 Å². The normalized spacial score (nSPS) is 11.0. The minimum Gasteiger partial charge on any atom is -0.507 e. The number of phenolic OH excluding ortho intramolecular Hbond substituents is 1. The van der Waals surface area contributed by atoms with E-state index >= 15 is 0 Å². The molecule has 0 spiro atoms. The van der Waals surface area contributed by atoms with Crippen molar-refractivity contribution < 1.29 is 5.11 Å². The number of hydrogen-bond donors (Lipinski definition) is 1. The summed E-state index contributed by atoms with van der Waals surface area (Å²) in [5.74, 6) is 0.146. The highest BCUT2D eigenvalue weighted by molar-refractivity contribution is 6.00. The van der Waals surface area contributed by atoms with Gasteiger partial charge in [0.1, 0.15) is 5.75 Å². The molecule has 0 fully saturated rings. The van der Waals surface area contributed by atoms with Crippen molar-refractivity contribution in [3.05, 3.63) is 83.0 Å². The maximum Gasteiger partial charge on any atom is 0.195 e. The average molecular weight is 299 g/mol. The van der Waals surface area contributed by atoms with Gasteiger partial charge in [-0.25, -0.2) is 4.98 Å². The lowest BCUT2D eigenvalue weighted by Crippen LogP contribution is -1.97. The van der Waals surface area contributed by atoms with Crippen LogP contribution in [0.25, 0.3) is 32.9 Å². The monoisotopic (exact) mass is 299 g/mol. The van der Waals surface area contributed by atoms with Crippen molar-refractivity contribution in [3.8, 4) is 17.0 Å². The van der Waals surface area contributed by atoms with Gasteiger partial charge in [0.2, 0.25) is 0 Å². The van der Waals surface area contributed by atoms with Crippen LogP contribution in [0.3, 0.4) is 0 Å². The van der Waals surface area contributed by atoms with Crippen molar-refractivity contribution in [2.75, 3.05) is 0 Å². The Morgan fingerprint density at radius 3 is 2.09 bits per heavy atom. The lowest BCUT2D eigenvalue weighted by atomic mass is 10.0. The average Bonchev–Trinajstić information content (AvgIpc) is 2.72. The summed E-state index contributed by atoms with van der Waals surface area (Å²) < 4.78 is 0. The number of aromatic nitrogens is 1. The molecule has 4 rings (SSSR count). The molecule has 110 valence electrons. The van der Waals surface area contributed by atoms with Gasteiger partial charge in [-0.3, -0.25) is 4.79 Å². The Morgan fingerprint density at radius 1 is 0.696 bits per heavy atom. The molecule has 3 aromatic carbocycles. The van der Waals surface area contributed by atoms with Crippen molar-refractivity contribution in [3.63, 3.8) is 0 Å². The molecule has 0 saturated heterocycles. The fourth-order valence-electron chi connectivity index (χ4n) is 2.86. The fraction of sp³-hybridized carbons (Fsp3) is 0. The minimum atomic E-state index is -0.0506. The van der Waals surface area contributed by atoms with Crippen LogP contribution in [0.1, 0.15) is 0 Å². The van der Waals surface area contributed by atoms with Crippen molar-refractivity contribution in [1.29, 1.82) is 0 Å². The Balaban J connectivity index is 2.30. The molecule has 0 radical (unpaired) electrons. The van der Waals surface area contributed by atoms with Gasteiger partial charge in [-0.05, 0) is 24.3 Å². The largest absolute Gasteiger partial charge is 0.507 e. The number of fused-ring (bicyclic) bond motifs is 2. The van der Waals surface area contributed by atoms with E-state index in [-0.39, 0.29) is 11.2 Å². The molecule has 0 atom stereocenters. The SMILES string of the molecule is O=c1c2ccccc2nc(-c2ccccc2O)c2ccccc12. The molecule has 0 unspecified atom stereocenters. The highest BCUT2D eigenvalue weighted by Gasteiger charge is 2.12. The zero-order valence-electron chi connectivity index (χ0n) is 12.2. The van der Waals surface area contributed by atoms with Gasteiger partial charge in [0.25, 0.3) is 0 Å². The third-order valence-corrected chi connectivity index (χ3v) is 3.97. The van der Waals surface area contributed by atoms with Crippen molar-refractivity contribution in [2.45, 2.75) is 0 Å². The number of hydrogen-bond acceptors (Lipinski definition) is 3. The molecular formula is C20H13NO2. The summed E-state index contributed by atoms with van der Waals surface area (Å²) in [5.41, 5.74) is 1.79. The van der Waals surface area contributed by atoms with Gasteiger partial charge >= 0.3 is 0 Å². The molecular weight excluding hydrogens is 286 g/mol. The molecule has 0 aliphatic rings. The van der Waals surface area contributed by atoms with Crippen LogP contribution in [0.4, 0.5) is 0 Å². The van der Waals surface area contributed by atoms with E-state index in [1.807, 2.05) is 48.5 Å². The van der Waals surface area contributed by atoms with E-state index < -0.39 is 0 Å². The van der Waals surface area contributed by atoms with E-state index in [0.29, 0.717) is 27.5 Å². The van der Waals surface area contributed by atoms with Crippen LogP contribution in [-0.4, -0.2) is 10.1 Å². The first-order valence-corrected chi connectivity index (χ1v) is 7.36. The predicted molar refractivity (Wildman–Crippen MR) is 92.6 cm³/mol. The Hall–Kier alpha value is -3.20. The third-order valence-electron chi connectivity index (χ3n) is 3.97. The molecule has 0 bridgehead atoms. The molecule has 0 saturated carbocycles. The lowest BCUT2D eigenvalue weighted by molar-refractivity contribution is 0.477. The zero-order valence-corrected chi connectivity index (χ0v) is 12.2. The quantitative estimate of drug-likeness (QED) is 0.575. The molecule has 0 amide bonds. The second-order valence-corrected chi connectivity index (χ2v) is 5.37. The molecule has 23 heavy (non-hydrogen) atoms. The summed E-state index contributed by atoms with van der Waals surface area (Å²) >= 11 is 0. The lowest BCUT2D eigenvalue weighted by Gasteiger charge is -2.04. The van der Waals surface area contributed by atoms with Crippen LogP contribution in [0.5, 0.6) is 5.75 Å². The predicted octanol–water partition coefficient (Wildman–Crippen LogP) is 4.12. The second-order valence-electron chi connectivity index (χ2n) is 5.37. The van der Waals surface area contributed by atoms with Crippen LogP contribution >= 0.6 is 0 Å². The smallest absolute Gasteiger partial charge is 0.195 e. The Bertz CT molecular complexity index is 1100. The summed E-state index contributed by atoms with van der Waals surface area (Å²) in [4.78, 5) is 17.6. The first kappa shape index (κ1) is 13.5. The first-order chi connectivity index (χ1) is 11.3. The van der Waals surface area contributed by atoms with Crippen molar-refractivity contribution in [1.82, 2.24) is 4.98 Å². The number of benzene rings is 3. The topological polar surface area (TPSA) is 50.2 Å². The van der Waals surface area contributed by atoms with Crippen molar-refractivity contribution in [2.24, 2.45) is 0 Å². The first-order valence-electron chi connectivity index (χ1n) is 7.36. The van der Waals surface area contributed by atoms with Gasteiger partial charge < -0.3 is 5.11 Å². The molecule has 0 aliphatic carbocycles. The zero-order chi connectivity index (χ0) is 15.8. The minimum absolute atomic E-state index is 0.0506. The number of rotatable bonds is 1. The van der Waals surface area contributed by atoms with Gasteiger partial charge in [0, 0.05) is 21.7 Å². The Morgan fingerprint density at radius 2 is 1.30 bits per heavy atom. The number of aromatic hydroxyl groups is 1. The van der Waals surface area contributed by atoms with Gasteiger partial charge in [-0.1, -0.05) is 48.5 Å². The molecule has 4 aromatic rings. The van der Waals surface area contributed by atoms with E-state index in [1.54, 1.807) is 24.3 Å². The summed E-state index contributed by atoms with van der Waals surface area (Å²) in [7, 11) is 0. The summed E-state index contributed by atoms with van der Waals surface area (Å²) in [5, 5.41) is 12.1. The molecule has 1 N–H and O–H groups in total. The Kier molecular flexibility index (Phi) is 3.05. The van der Waals surface area contributed by atoms with E-state index in [0.717, 1.165) is 5.39 Å². The fourth-order valence-corrected chi connectivity index (χ4v) is 2.86. The Labute approximate surface area is 132 Å². The van der Waals surface area contributed by atoms with Crippen LogP contribution in [0, 0.1) is 0 Å². The van der Waals surface area contributed by atoms with Crippen molar-refractivity contribution >= 4 is 21.7 Å². The van der Waals surface area contributed by atoms with Gasteiger partial charge in [0.05, 0.1) is 11.2 Å². The van der Waals surface area contributed by atoms with Gasteiger partial charge in [-0.15, -0.1) is 0 Å². The number of nitrogens with zero attached hydrogens (tertiary/aromatic N) is 1. The summed E-state index contributed by atoms with van der Waals surface area (Å²) in [6, 6.07) is 21.7. The van der Waals surface area contributed by atoms with Crippen LogP contribution in [-0.2, 0) is 0 Å². The van der Waals surface area contributed by atoms with E-state index in [9.17, 15) is 9.90 Å². The molecule has 1 heterocycles. The van der Waals surface area contributed by atoms with Gasteiger partial charge in [-0.2, -0.15) is 0 Å². The summed E-state index contributed by atoms with van der Waals surface area (Å²) in [6.45, 7) is 0. The molecule has 3 heteroatoms. The third kappa shape index (κ3) is 2.14. The number of para-hydroxylation sites is 2. The van der Waals surface area contributed by atoms with Crippen LogP contribution in [0.2, 0.25) is 0 Å². The maximum atomic E-state index is 12.9. The van der Waals surface area contributed by atoms with E-state index in [4.69, 9.17) is 4.98 Å².